The third-order valence-electron chi connectivity index (χ3n) is 2.91. The van der Waals surface area contributed by atoms with Crippen LogP contribution in [0.5, 0.6) is 0 Å². The van der Waals surface area contributed by atoms with Gasteiger partial charge in [-0.1, -0.05) is 40.5 Å². The fraction of sp³-hybridized carbons (Fsp3) is 0.923. The van der Waals surface area contributed by atoms with Crippen LogP contribution >= 0.6 is 0 Å². The summed E-state index contributed by atoms with van der Waals surface area (Å²) < 4.78 is 11.2. The molecule has 0 aliphatic carbocycles. The minimum atomic E-state index is -0.421. The van der Waals surface area contributed by atoms with E-state index in [4.69, 9.17) is 9.47 Å². The van der Waals surface area contributed by atoms with Gasteiger partial charge in [-0.3, -0.25) is 4.79 Å². The smallest absolute Gasteiger partial charge is 0.311 e. The Morgan fingerprint density at radius 2 is 2.06 bits per heavy atom. The predicted octanol–water partition coefficient (Wildman–Crippen LogP) is 3.27. The average Bonchev–Trinajstić information content (AvgIpc) is 2.12. The second-order valence-electron chi connectivity index (χ2n) is 6.04. The first-order valence-electron chi connectivity index (χ1n) is 6.14. The van der Waals surface area contributed by atoms with Gasteiger partial charge in [0.1, 0.15) is 0 Å². The molecule has 2 atom stereocenters. The monoisotopic (exact) mass is 228 g/mol. The summed E-state index contributed by atoms with van der Waals surface area (Å²) in [6.45, 7) is 10.2. The van der Waals surface area contributed by atoms with Crippen molar-refractivity contribution in [1.29, 1.82) is 0 Å². The molecule has 3 heteroatoms. The molecule has 0 radical (unpaired) electrons. The van der Waals surface area contributed by atoms with Gasteiger partial charge in [-0.05, 0) is 13.3 Å². The van der Waals surface area contributed by atoms with Crippen LogP contribution in [-0.2, 0) is 14.3 Å². The molecule has 0 bridgehead atoms. The average molecular weight is 228 g/mol. The van der Waals surface area contributed by atoms with Crippen LogP contribution in [0.25, 0.3) is 0 Å². The molecule has 2 unspecified atom stereocenters. The molecule has 1 rings (SSSR count). The molecule has 0 saturated carbocycles. The highest BCUT2D eigenvalue weighted by atomic mass is 16.7. The van der Waals surface area contributed by atoms with Crippen LogP contribution in [0.15, 0.2) is 0 Å². The van der Waals surface area contributed by atoms with E-state index in [9.17, 15) is 4.79 Å². The van der Waals surface area contributed by atoms with Crippen molar-refractivity contribution < 1.29 is 14.3 Å². The molecule has 3 nitrogen and oxygen atoms in total. The third kappa shape index (κ3) is 3.48. The molecule has 0 N–H and O–H groups in total. The van der Waals surface area contributed by atoms with Crippen molar-refractivity contribution in [2.75, 3.05) is 0 Å². The quantitative estimate of drug-likeness (QED) is 0.695. The van der Waals surface area contributed by atoms with Gasteiger partial charge in [0.2, 0.25) is 6.29 Å². The normalized spacial score (nSPS) is 31.3. The van der Waals surface area contributed by atoms with Crippen LogP contribution in [0.1, 0.15) is 60.3 Å². The Morgan fingerprint density at radius 3 is 2.56 bits per heavy atom. The van der Waals surface area contributed by atoms with E-state index in [1.807, 2.05) is 27.7 Å². The molecule has 1 saturated heterocycles. The molecule has 1 heterocycles. The van der Waals surface area contributed by atoms with Gasteiger partial charge < -0.3 is 9.47 Å². The van der Waals surface area contributed by atoms with E-state index in [1.165, 1.54) is 0 Å². The second-order valence-corrected chi connectivity index (χ2v) is 6.04. The number of hydrogen-bond acceptors (Lipinski definition) is 3. The first-order valence-corrected chi connectivity index (χ1v) is 6.14. The van der Waals surface area contributed by atoms with Crippen molar-refractivity contribution in [3.63, 3.8) is 0 Å². The Hall–Kier alpha value is -0.570. The fourth-order valence-electron chi connectivity index (χ4n) is 1.84. The van der Waals surface area contributed by atoms with Gasteiger partial charge in [-0.25, -0.2) is 0 Å². The zero-order valence-electron chi connectivity index (χ0n) is 11.1. The number of unbranched alkanes of at least 4 members (excludes halogenated alkanes) is 1. The summed E-state index contributed by atoms with van der Waals surface area (Å²) in [5, 5.41) is 0. The molecule has 1 aliphatic rings. The minimum Gasteiger partial charge on any atom is -0.435 e. The standard InChI is InChI=1S/C13H24O3/c1-6-7-8-13(5)9-10(14)15-11(16-13)12(2,3)4/h11H,6-9H2,1-5H3. The number of carbonyl (C=O) groups excluding carboxylic acids is 1. The number of rotatable bonds is 3. The highest BCUT2D eigenvalue weighted by Crippen LogP contribution is 2.36. The molecule has 1 fully saturated rings. The van der Waals surface area contributed by atoms with E-state index in [-0.39, 0.29) is 17.0 Å². The van der Waals surface area contributed by atoms with E-state index in [1.54, 1.807) is 0 Å². The molecule has 0 aromatic carbocycles. The van der Waals surface area contributed by atoms with Gasteiger partial charge in [-0.15, -0.1) is 0 Å². The summed E-state index contributed by atoms with van der Waals surface area (Å²) in [6.07, 6.45) is 3.08. The summed E-state index contributed by atoms with van der Waals surface area (Å²) >= 11 is 0. The number of cyclic esters (lactones) is 1. The van der Waals surface area contributed by atoms with Crippen molar-refractivity contribution in [2.24, 2.45) is 5.41 Å². The van der Waals surface area contributed by atoms with Crippen molar-refractivity contribution >= 4 is 5.97 Å². The zero-order chi connectivity index (χ0) is 12.4. The van der Waals surface area contributed by atoms with Crippen molar-refractivity contribution in [3.05, 3.63) is 0 Å². The molecule has 0 aromatic heterocycles. The van der Waals surface area contributed by atoms with E-state index < -0.39 is 6.29 Å². The lowest BCUT2D eigenvalue weighted by atomic mass is 9.90. The molecule has 0 aromatic rings. The molecule has 16 heavy (non-hydrogen) atoms. The summed E-state index contributed by atoms with van der Waals surface area (Å²) in [7, 11) is 0. The van der Waals surface area contributed by atoms with E-state index in [0.29, 0.717) is 6.42 Å². The Balaban J connectivity index is 2.70. The maximum Gasteiger partial charge on any atom is 0.311 e. The topological polar surface area (TPSA) is 35.5 Å². The van der Waals surface area contributed by atoms with Gasteiger partial charge in [0, 0.05) is 5.41 Å². The SMILES string of the molecule is CCCCC1(C)CC(=O)OC(C(C)(C)C)O1. The Labute approximate surface area is 98.5 Å². The molecule has 0 amide bonds. The summed E-state index contributed by atoms with van der Waals surface area (Å²) in [5.74, 6) is -0.134. The summed E-state index contributed by atoms with van der Waals surface area (Å²) in [6, 6.07) is 0. The number of hydrogen-bond donors (Lipinski definition) is 0. The summed E-state index contributed by atoms with van der Waals surface area (Å²) in [4.78, 5) is 11.6. The van der Waals surface area contributed by atoms with Gasteiger partial charge in [0.05, 0.1) is 12.0 Å². The van der Waals surface area contributed by atoms with Crippen molar-refractivity contribution in [2.45, 2.75) is 72.2 Å². The third-order valence-corrected chi connectivity index (χ3v) is 2.91. The maximum atomic E-state index is 11.6. The van der Waals surface area contributed by atoms with Gasteiger partial charge in [-0.2, -0.15) is 0 Å². The lowest BCUT2D eigenvalue weighted by Crippen LogP contribution is -2.48. The Kier molecular flexibility index (Phi) is 4.00. The van der Waals surface area contributed by atoms with Gasteiger partial charge in [0.25, 0.3) is 0 Å². The van der Waals surface area contributed by atoms with E-state index in [0.717, 1.165) is 19.3 Å². The van der Waals surface area contributed by atoms with Crippen LogP contribution in [0.4, 0.5) is 0 Å². The zero-order valence-corrected chi connectivity index (χ0v) is 11.1. The molecular formula is C13H24O3. The van der Waals surface area contributed by atoms with Crippen LogP contribution in [0.2, 0.25) is 0 Å². The Morgan fingerprint density at radius 1 is 1.44 bits per heavy atom. The predicted molar refractivity (Wildman–Crippen MR) is 63.0 cm³/mol. The van der Waals surface area contributed by atoms with Gasteiger partial charge in [0.15, 0.2) is 0 Å². The lowest BCUT2D eigenvalue weighted by Gasteiger charge is -2.42. The van der Waals surface area contributed by atoms with Crippen LogP contribution in [-0.4, -0.2) is 17.9 Å². The van der Waals surface area contributed by atoms with Crippen LogP contribution in [0, 0.1) is 5.41 Å². The second kappa shape index (κ2) is 4.74. The Bertz CT molecular complexity index is 254. The van der Waals surface area contributed by atoms with Gasteiger partial charge >= 0.3 is 5.97 Å². The summed E-state index contributed by atoms with van der Waals surface area (Å²) in [5.41, 5.74) is -0.507. The van der Waals surface area contributed by atoms with Crippen molar-refractivity contribution in [3.8, 4) is 0 Å². The maximum absolute atomic E-state index is 11.6. The number of ether oxygens (including phenoxy) is 2. The molecule has 1 aliphatic heterocycles. The first kappa shape index (κ1) is 13.5. The van der Waals surface area contributed by atoms with Crippen molar-refractivity contribution in [1.82, 2.24) is 0 Å². The van der Waals surface area contributed by atoms with Crippen LogP contribution in [0.3, 0.4) is 0 Å². The van der Waals surface area contributed by atoms with Crippen LogP contribution < -0.4 is 0 Å². The molecular weight excluding hydrogens is 204 g/mol. The fourth-order valence-corrected chi connectivity index (χ4v) is 1.84. The number of carbonyl (C=O) groups is 1. The highest BCUT2D eigenvalue weighted by Gasteiger charge is 2.42. The minimum absolute atomic E-state index is 0.134. The highest BCUT2D eigenvalue weighted by molar-refractivity contribution is 5.71. The van der Waals surface area contributed by atoms with E-state index in [2.05, 4.69) is 6.92 Å². The lowest BCUT2D eigenvalue weighted by molar-refractivity contribution is -0.270. The largest absolute Gasteiger partial charge is 0.435 e. The molecule has 94 valence electrons. The number of esters is 1. The molecule has 0 spiro atoms. The first-order chi connectivity index (χ1) is 7.27. The van der Waals surface area contributed by atoms with E-state index >= 15 is 0 Å².